The monoisotopic (exact) mass is 449 g/mol. The topological polar surface area (TPSA) is 84.9 Å². The van der Waals surface area contributed by atoms with Crippen molar-refractivity contribution in [3.63, 3.8) is 0 Å². The first kappa shape index (κ1) is 21.3. The van der Waals surface area contributed by atoms with Crippen molar-refractivity contribution in [1.82, 2.24) is 24.6 Å². The number of fused-ring (bicyclic) bond motifs is 1. The summed E-state index contributed by atoms with van der Waals surface area (Å²) >= 11 is 0. The van der Waals surface area contributed by atoms with Crippen LogP contribution in [0.4, 0.5) is 20.5 Å². The Hall–Kier alpha value is -3.59. The fraction of sp³-hybridized carbons (Fsp3) is 0.292. The summed E-state index contributed by atoms with van der Waals surface area (Å²) in [6.45, 7) is 3.74. The van der Waals surface area contributed by atoms with Gasteiger partial charge >= 0.3 is 0 Å². The van der Waals surface area contributed by atoms with Gasteiger partial charge in [-0.05, 0) is 62.3 Å². The molecular formula is C24H25F2N7. The average Bonchev–Trinajstić information content (AvgIpc) is 3.16. The lowest BCUT2D eigenvalue weighted by molar-refractivity contribution is 0.237. The molecular weight excluding hydrogens is 424 g/mol. The van der Waals surface area contributed by atoms with Crippen LogP contribution in [0.2, 0.25) is 0 Å². The SMILES string of the molecule is Nc1c2c(-c3ccccc3F)nc(NCCN3CCCCC3)nc2nn1-c1ccc(F)cc1. The van der Waals surface area contributed by atoms with Crippen LogP contribution in [-0.2, 0) is 0 Å². The molecule has 0 spiro atoms. The number of piperidine rings is 1. The summed E-state index contributed by atoms with van der Waals surface area (Å²) in [5, 5.41) is 8.25. The summed E-state index contributed by atoms with van der Waals surface area (Å²) in [4.78, 5) is 11.6. The van der Waals surface area contributed by atoms with Crippen LogP contribution < -0.4 is 11.1 Å². The lowest BCUT2D eigenvalue weighted by Gasteiger charge is -2.26. The number of hydrogen-bond donors (Lipinski definition) is 2. The average molecular weight is 450 g/mol. The number of benzene rings is 2. The smallest absolute Gasteiger partial charge is 0.225 e. The van der Waals surface area contributed by atoms with Gasteiger partial charge in [0.25, 0.3) is 0 Å². The standard InChI is InChI=1S/C24H25F2N7/c25-16-8-10-17(11-9-16)33-22(27)20-21(18-6-2-3-7-19(18)26)29-24(30-23(20)31-33)28-12-15-32-13-4-1-5-14-32/h2-3,6-11H,1,4-5,12-15,27H2,(H,28,30,31). The van der Waals surface area contributed by atoms with Crippen molar-refractivity contribution >= 4 is 22.8 Å². The zero-order valence-electron chi connectivity index (χ0n) is 18.1. The molecule has 2 aromatic carbocycles. The molecule has 9 heteroatoms. The zero-order valence-corrected chi connectivity index (χ0v) is 18.1. The van der Waals surface area contributed by atoms with Gasteiger partial charge in [0.2, 0.25) is 5.95 Å². The molecule has 2 aromatic heterocycles. The minimum Gasteiger partial charge on any atom is -0.383 e. The second-order valence-corrected chi connectivity index (χ2v) is 8.18. The number of nitrogen functional groups attached to an aromatic ring is 1. The van der Waals surface area contributed by atoms with Crippen LogP contribution in [0.3, 0.4) is 0 Å². The van der Waals surface area contributed by atoms with Gasteiger partial charge in [-0.3, -0.25) is 0 Å². The van der Waals surface area contributed by atoms with Crippen molar-refractivity contribution in [2.24, 2.45) is 0 Å². The lowest BCUT2D eigenvalue weighted by Crippen LogP contribution is -2.33. The summed E-state index contributed by atoms with van der Waals surface area (Å²) in [6, 6.07) is 12.2. The molecule has 4 aromatic rings. The molecule has 3 N–H and O–H groups in total. The Kier molecular flexibility index (Phi) is 5.87. The van der Waals surface area contributed by atoms with Crippen molar-refractivity contribution in [3.05, 3.63) is 60.2 Å². The van der Waals surface area contributed by atoms with Crippen LogP contribution in [0.25, 0.3) is 28.0 Å². The number of nitrogens with two attached hydrogens (primary N) is 1. The van der Waals surface area contributed by atoms with Crippen molar-refractivity contribution in [2.75, 3.05) is 37.2 Å². The zero-order chi connectivity index (χ0) is 22.8. The van der Waals surface area contributed by atoms with Crippen molar-refractivity contribution in [1.29, 1.82) is 0 Å². The van der Waals surface area contributed by atoms with E-state index in [-0.39, 0.29) is 11.6 Å². The van der Waals surface area contributed by atoms with Gasteiger partial charge in [0.05, 0.1) is 16.8 Å². The number of halogens is 2. The second kappa shape index (κ2) is 9.11. The Bertz CT molecular complexity index is 1260. The molecule has 170 valence electrons. The number of aromatic nitrogens is 4. The first-order valence-corrected chi connectivity index (χ1v) is 11.1. The third-order valence-corrected chi connectivity index (χ3v) is 5.93. The van der Waals surface area contributed by atoms with Crippen LogP contribution >= 0.6 is 0 Å². The van der Waals surface area contributed by atoms with E-state index < -0.39 is 5.82 Å². The number of anilines is 2. The molecule has 0 bridgehead atoms. The van der Waals surface area contributed by atoms with Crippen molar-refractivity contribution in [2.45, 2.75) is 19.3 Å². The van der Waals surface area contributed by atoms with Crippen molar-refractivity contribution < 1.29 is 8.78 Å². The second-order valence-electron chi connectivity index (χ2n) is 8.18. The Labute approximate surface area is 190 Å². The van der Waals surface area contributed by atoms with E-state index in [1.54, 1.807) is 30.3 Å². The molecule has 0 unspecified atom stereocenters. The maximum atomic E-state index is 14.7. The van der Waals surface area contributed by atoms with Crippen LogP contribution in [0, 0.1) is 11.6 Å². The van der Waals surface area contributed by atoms with E-state index in [4.69, 9.17) is 5.73 Å². The highest BCUT2D eigenvalue weighted by Gasteiger charge is 2.21. The van der Waals surface area contributed by atoms with Crippen molar-refractivity contribution in [3.8, 4) is 16.9 Å². The normalized spacial score (nSPS) is 14.6. The fourth-order valence-corrected chi connectivity index (χ4v) is 4.23. The summed E-state index contributed by atoms with van der Waals surface area (Å²) < 4.78 is 29.6. The molecule has 7 nitrogen and oxygen atoms in total. The molecule has 0 radical (unpaired) electrons. The Morgan fingerprint density at radius 2 is 1.70 bits per heavy atom. The molecule has 0 atom stereocenters. The van der Waals surface area contributed by atoms with Gasteiger partial charge in [-0.25, -0.2) is 18.4 Å². The number of hydrogen-bond acceptors (Lipinski definition) is 6. The molecule has 3 heterocycles. The van der Waals surface area contributed by atoms with E-state index in [9.17, 15) is 8.78 Å². The van der Waals surface area contributed by atoms with Gasteiger partial charge in [-0.15, -0.1) is 5.10 Å². The highest BCUT2D eigenvalue weighted by molar-refractivity contribution is 5.99. The first-order chi connectivity index (χ1) is 16.1. The van der Waals surface area contributed by atoms with E-state index in [1.165, 1.54) is 42.1 Å². The summed E-state index contributed by atoms with van der Waals surface area (Å²) in [7, 11) is 0. The molecule has 5 rings (SSSR count). The molecule has 33 heavy (non-hydrogen) atoms. The minimum atomic E-state index is -0.411. The summed E-state index contributed by atoms with van der Waals surface area (Å²) in [5.74, 6) is -0.150. The van der Waals surface area contributed by atoms with Crippen LogP contribution in [0.5, 0.6) is 0 Å². The van der Waals surface area contributed by atoms with E-state index in [0.717, 1.165) is 19.6 Å². The molecule has 0 aliphatic carbocycles. The first-order valence-electron chi connectivity index (χ1n) is 11.1. The molecule has 1 fully saturated rings. The van der Waals surface area contributed by atoms with Crippen LogP contribution in [0.1, 0.15) is 19.3 Å². The lowest BCUT2D eigenvalue weighted by atomic mass is 10.1. The van der Waals surface area contributed by atoms with Crippen LogP contribution in [-0.4, -0.2) is 50.8 Å². The number of nitrogens with zero attached hydrogens (tertiary/aromatic N) is 5. The molecule has 0 saturated carbocycles. The fourth-order valence-electron chi connectivity index (χ4n) is 4.23. The van der Waals surface area contributed by atoms with Gasteiger partial charge in [-0.2, -0.15) is 4.98 Å². The van der Waals surface area contributed by atoms with Gasteiger partial charge in [-0.1, -0.05) is 18.6 Å². The molecule has 1 aliphatic heterocycles. The highest BCUT2D eigenvalue weighted by atomic mass is 19.1. The Morgan fingerprint density at radius 3 is 2.45 bits per heavy atom. The quantitative estimate of drug-likeness (QED) is 0.458. The van der Waals surface area contributed by atoms with Gasteiger partial charge in [0, 0.05) is 18.7 Å². The van der Waals surface area contributed by atoms with E-state index >= 15 is 0 Å². The molecule has 1 aliphatic rings. The van der Waals surface area contributed by atoms with Gasteiger partial charge < -0.3 is 16.0 Å². The number of likely N-dealkylation sites (tertiary alicyclic amines) is 1. The Morgan fingerprint density at radius 1 is 0.939 bits per heavy atom. The van der Waals surface area contributed by atoms with E-state index in [2.05, 4.69) is 25.3 Å². The molecule has 0 amide bonds. The van der Waals surface area contributed by atoms with Gasteiger partial charge in [0.1, 0.15) is 17.5 Å². The largest absolute Gasteiger partial charge is 0.383 e. The van der Waals surface area contributed by atoms with E-state index in [1.807, 2.05) is 0 Å². The van der Waals surface area contributed by atoms with E-state index in [0.29, 0.717) is 40.5 Å². The maximum absolute atomic E-state index is 14.7. The maximum Gasteiger partial charge on any atom is 0.225 e. The number of rotatable bonds is 6. The predicted octanol–water partition coefficient (Wildman–Crippen LogP) is 4.24. The third kappa shape index (κ3) is 4.36. The minimum absolute atomic E-state index is 0.259. The predicted molar refractivity (Wildman–Crippen MR) is 125 cm³/mol. The Balaban J connectivity index is 1.55. The van der Waals surface area contributed by atoms with Crippen LogP contribution in [0.15, 0.2) is 48.5 Å². The van der Waals surface area contributed by atoms with Gasteiger partial charge in [0.15, 0.2) is 5.65 Å². The summed E-state index contributed by atoms with van der Waals surface area (Å²) in [6.07, 6.45) is 3.73. The highest BCUT2D eigenvalue weighted by Crippen LogP contribution is 2.34. The summed E-state index contributed by atoms with van der Waals surface area (Å²) in [5.41, 5.74) is 8.02. The molecule has 1 saturated heterocycles. The number of nitrogens with one attached hydrogen (secondary N) is 1. The third-order valence-electron chi connectivity index (χ3n) is 5.93.